The van der Waals surface area contributed by atoms with Crippen molar-refractivity contribution in [2.45, 2.75) is 5.22 Å². The van der Waals surface area contributed by atoms with Crippen molar-refractivity contribution in [2.75, 3.05) is 11.1 Å². The van der Waals surface area contributed by atoms with Crippen LogP contribution < -0.4 is 5.32 Å². The Labute approximate surface area is 158 Å². The lowest BCUT2D eigenvalue weighted by Crippen LogP contribution is -2.13. The van der Waals surface area contributed by atoms with Crippen molar-refractivity contribution < 1.29 is 13.6 Å². The highest BCUT2D eigenvalue weighted by molar-refractivity contribution is 7.99. The summed E-state index contributed by atoms with van der Waals surface area (Å²) in [6.07, 6.45) is 0. The number of hydrogen-bond donors (Lipinski definition) is 1. The van der Waals surface area contributed by atoms with Gasteiger partial charge in [0.1, 0.15) is 5.82 Å². The lowest BCUT2D eigenvalue weighted by Gasteiger charge is -2.03. The van der Waals surface area contributed by atoms with Crippen LogP contribution in [0.5, 0.6) is 0 Å². The summed E-state index contributed by atoms with van der Waals surface area (Å²) in [5, 5.41) is 13.2. The number of nitrogens with one attached hydrogen (secondary N) is 1. The summed E-state index contributed by atoms with van der Waals surface area (Å²) >= 11 is 1.14. The van der Waals surface area contributed by atoms with Crippen LogP contribution in [-0.4, -0.2) is 21.9 Å². The van der Waals surface area contributed by atoms with E-state index in [2.05, 4.69) is 15.5 Å². The van der Waals surface area contributed by atoms with E-state index in [1.54, 1.807) is 0 Å². The monoisotopic (exact) mass is 379 g/mol. The van der Waals surface area contributed by atoms with Gasteiger partial charge in [-0.25, -0.2) is 4.39 Å². The SMILES string of the molecule is O=C(CSc1nnc(-c2ccc3ccccc3c2)o1)Nc1ccc(F)cc1. The molecule has 1 N–H and O–H groups in total. The predicted molar refractivity (Wildman–Crippen MR) is 103 cm³/mol. The third kappa shape index (κ3) is 4.15. The van der Waals surface area contributed by atoms with E-state index in [9.17, 15) is 9.18 Å². The van der Waals surface area contributed by atoms with Gasteiger partial charge in [-0.05, 0) is 47.2 Å². The Balaban J connectivity index is 1.40. The van der Waals surface area contributed by atoms with Crippen LogP contribution in [0.1, 0.15) is 0 Å². The molecule has 0 bridgehead atoms. The molecule has 1 amide bonds. The van der Waals surface area contributed by atoms with Crippen molar-refractivity contribution in [3.8, 4) is 11.5 Å². The Morgan fingerprint density at radius 2 is 1.78 bits per heavy atom. The first-order valence-corrected chi connectivity index (χ1v) is 9.17. The molecule has 7 heteroatoms. The van der Waals surface area contributed by atoms with Crippen LogP contribution in [0.15, 0.2) is 76.4 Å². The summed E-state index contributed by atoms with van der Waals surface area (Å²) in [4.78, 5) is 12.0. The molecule has 134 valence electrons. The van der Waals surface area contributed by atoms with Gasteiger partial charge in [-0.15, -0.1) is 10.2 Å². The van der Waals surface area contributed by atoms with Crippen molar-refractivity contribution in [3.05, 3.63) is 72.5 Å². The zero-order valence-electron chi connectivity index (χ0n) is 14.1. The second-order valence-electron chi connectivity index (χ2n) is 5.78. The van der Waals surface area contributed by atoms with Crippen molar-refractivity contribution in [1.82, 2.24) is 10.2 Å². The standard InChI is InChI=1S/C20H14FN3O2S/c21-16-7-9-17(10-8-16)22-18(25)12-27-20-24-23-19(26-20)15-6-5-13-3-1-2-4-14(13)11-15/h1-11H,12H2,(H,22,25). The first-order chi connectivity index (χ1) is 13.2. The maximum Gasteiger partial charge on any atom is 0.277 e. The minimum Gasteiger partial charge on any atom is -0.411 e. The van der Waals surface area contributed by atoms with Crippen LogP contribution >= 0.6 is 11.8 Å². The molecular formula is C20H14FN3O2S. The summed E-state index contributed by atoms with van der Waals surface area (Å²) < 4.78 is 18.5. The molecule has 3 aromatic carbocycles. The van der Waals surface area contributed by atoms with E-state index in [0.29, 0.717) is 16.8 Å². The molecule has 1 aromatic heterocycles. The molecule has 4 rings (SSSR count). The van der Waals surface area contributed by atoms with E-state index in [1.807, 2.05) is 42.5 Å². The smallest absolute Gasteiger partial charge is 0.277 e. The molecule has 5 nitrogen and oxygen atoms in total. The molecule has 0 saturated carbocycles. The molecule has 27 heavy (non-hydrogen) atoms. The third-order valence-electron chi connectivity index (χ3n) is 3.86. The average Bonchev–Trinajstić information content (AvgIpc) is 3.17. The van der Waals surface area contributed by atoms with Gasteiger partial charge in [0.05, 0.1) is 5.75 Å². The molecule has 0 aliphatic heterocycles. The number of carbonyl (C=O) groups excluding carboxylic acids is 1. The fraction of sp³-hybridized carbons (Fsp3) is 0.0500. The summed E-state index contributed by atoms with van der Waals surface area (Å²) in [7, 11) is 0. The number of anilines is 1. The van der Waals surface area contributed by atoms with Crippen molar-refractivity contribution in [1.29, 1.82) is 0 Å². The van der Waals surface area contributed by atoms with Gasteiger partial charge in [-0.1, -0.05) is 42.1 Å². The third-order valence-corrected chi connectivity index (χ3v) is 4.68. The number of carbonyl (C=O) groups is 1. The zero-order chi connectivity index (χ0) is 18.6. The van der Waals surface area contributed by atoms with E-state index in [0.717, 1.165) is 28.1 Å². The first kappa shape index (κ1) is 17.2. The second-order valence-corrected chi connectivity index (χ2v) is 6.71. The molecule has 0 spiro atoms. The van der Waals surface area contributed by atoms with Gasteiger partial charge in [0.15, 0.2) is 0 Å². The summed E-state index contributed by atoms with van der Waals surface area (Å²) in [5.41, 5.74) is 1.35. The Hall–Kier alpha value is -3.19. The molecule has 0 atom stereocenters. The number of benzene rings is 3. The molecule has 4 aromatic rings. The van der Waals surface area contributed by atoms with Crippen LogP contribution in [0.3, 0.4) is 0 Å². The van der Waals surface area contributed by atoms with E-state index in [-0.39, 0.29) is 17.5 Å². The number of nitrogens with zero attached hydrogens (tertiary/aromatic N) is 2. The highest BCUT2D eigenvalue weighted by Crippen LogP contribution is 2.26. The minimum absolute atomic E-state index is 0.108. The largest absolute Gasteiger partial charge is 0.411 e. The van der Waals surface area contributed by atoms with Gasteiger partial charge in [0, 0.05) is 11.3 Å². The molecule has 0 unspecified atom stereocenters. The zero-order valence-corrected chi connectivity index (χ0v) is 14.9. The van der Waals surface area contributed by atoms with Crippen LogP contribution in [0.4, 0.5) is 10.1 Å². The minimum atomic E-state index is -0.352. The second kappa shape index (κ2) is 7.59. The van der Waals surface area contributed by atoms with Crippen molar-refractivity contribution in [3.63, 3.8) is 0 Å². The summed E-state index contributed by atoms with van der Waals surface area (Å²) in [6, 6.07) is 19.5. The van der Waals surface area contributed by atoms with Crippen LogP contribution in [-0.2, 0) is 4.79 Å². The lowest BCUT2D eigenvalue weighted by molar-refractivity contribution is -0.113. The van der Waals surface area contributed by atoms with Gasteiger partial charge in [0.2, 0.25) is 11.8 Å². The van der Waals surface area contributed by atoms with Gasteiger partial charge < -0.3 is 9.73 Å². The quantitative estimate of drug-likeness (QED) is 0.506. The normalized spacial score (nSPS) is 10.9. The lowest BCUT2D eigenvalue weighted by atomic mass is 10.1. The van der Waals surface area contributed by atoms with Gasteiger partial charge in [-0.3, -0.25) is 4.79 Å². The molecule has 0 radical (unpaired) electrons. The average molecular weight is 379 g/mol. The van der Waals surface area contributed by atoms with Gasteiger partial charge >= 0.3 is 0 Å². The Bertz CT molecular complexity index is 1100. The Morgan fingerprint density at radius 3 is 2.59 bits per heavy atom. The molecular weight excluding hydrogens is 365 g/mol. The number of hydrogen-bond acceptors (Lipinski definition) is 5. The molecule has 0 fully saturated rings. The summed E-state index contributed by atoms with van der Waals surface area (Å²) in [6.45, 7) is 0. The van der Waals surface area contributed by atoms with Gasteiger partial charge in [0.25, 0.3) is 5.22 Å². The predicted octanol–water partition coefficient (Wildman–Crippen LogP) is 4.76. The first-order valence-electron chi connectivity index (χ1n) is 8.18. The Kier molecular flexibility index (Phi) is 4.84. The van der Waals surface area contributed by atoms with E-state index in [1.165, 1.54) is 24.3 Å². The van der Waals surface area contributed by atoms with Crippen LogP contribution in [0.25, 0.3) is 22.2 Å². The molecule has 1 heterocycles. The number of fused-ring (bicyclic) bond motifs is 1. The molecule has 0 aliphatic carbocycles. The molecule has 0 saturated heterocycles. The van der Waals surface area contributed by atoms with Crippen LogP contribution in [0.2, 0.25) is 0 Å². The maximum absolute atomic E-state index is 12.9. The maximum atomic E-state index is 12.9. The molecule has 0 aliphatic rings. The number of halogens is 1. The Morgan fingerprint density at radius 1 is 1.00 bits per heavy atom. The summed E-state index contributed by atoms with van der Waals surface area (Å²) in [5.74, 6) is -0.0785. The number of thioether (sulfide) groups is 1. The number of aromatic nitrogens is 2. The topological polar surface area (TPSA) is 68.0 Å². The fourth-order valence-corrected chi connectivity index (χ4v) is 3.13. The highest BCUT2D eigenvalue weighted by Gasteiger charge is 2.12. The highest BCUT2D eigenvalue weighted by atomic mass is 32.2. The number of amides is 1. The van der Waals surface area contributed by atoms with E-state index in [4.69, 9.17) is 4.42 Å². The fourth-order valence-electron chi connectivity index (χ4n) is 2.56. The van der Waals surface area contributed by atoms with E-state index >= 15 is 0 Å². The van der Waals surface area contributed by atoms with Crippen LogP contribution in [0, 0.1) is 5.82 Å². The van der Waals surface area contributed by atoms with Crippen molar-refractivity contribution in [2.24, 2.45) is 0 Å². The van der Waals surface area contributed by atoms with E-state index < -0.39 is 0 Å². The van der Waals surface area contributed by atoms with Crippen molar-refractivity contribution >= 4 is 34.1 Å². The number of rotatable bonds is 5. The van der Waals surface area contributed by atoms with Gasteiger partial charge in [-0.2, -0.15) is 0 Å².